The number of aromatic nitrogens is 1. The van der Waals surface area contributed by atoms with Crippen LogP contribution in [0.3, 0.4) is 0 Å². The maximum Gasteiger partial charge on any atom is 0.291 e. The van der Waals surface area contributed by atoms with Crippen LogP contribution < -0.4 is 10.6 Å². The van der Waals surface area contributed by atoms with E-state index in [1.807, 2.05) is 6.07 Å². The van der Waals surface area contributed by atoms with Crippen LogP contribution in [-0.2, 0) is 6.54 Å². The van der Waals surface area contributed by atoms with Crippen LogP contribution in [0.25, 0.3) is 0 Å². The lowest BCUT2D eigenvalue weighted by molar-refractivity contribution is 0.0949. The van der Waals surface area contributed by atoms with E-state index < -0.39 is 5.91 Å². The summed E-state index contributed by atoms with van der Waals surface area (Å²) in [6.07, 6.45) is 1.65. The van der Waals surface area contributed by atoms with Crippen molar-refractivity contribution in [2.24, 2.45) is 0 Å². The molecule has 2 N–H and O–H groups in total. The summed E-state index contributed by atoms with van der Waals surface area (Å²) in [7, 11) is 0. The smallest absolute Gasteiger partial charge is 0.291 e. The van der Waals surface area contributed by atoms with Gasteiger partial charge in [0.05, 0.1) is 22.8 Å². The van der Waals surface area contributed by atoms with Gasteiger partial charge in [0.25, 0.3) is 11.8 Å². The molecular weight excluding hydrogens is 377 g/mol. The zero-order chi connectivity index (χ0) is 18.5. The summed E-state index contributed by atoms with van der Waals surface area (Å²) in [4.78, 5) is 28.4. The van der Waals surface area contributed by atoms with Crippen molar-refractivity contribution in [3.63, 3.8) is 0 Å². The molecule has 8 heteroatoms. The zero-order valence-electron chi connectivity index (χ0n) is 13.3. The van der Waals surface area contributed by atoms with E-state index in [1.54, 1.807) is 24.4 Å². The summed E-state index contributed by atoms with van der Waals surface area (Å²) in [5, 5.41) is 5.69. The van der Waals surface area contributed by atoms with Gasteiger partial charge in [0.2, 0.25) is 0 Å². The second-order valence-electron chi connectivity index (χ2n) is 5.26. The summed E-state index contributed by atoms with van der Waals surface area (Å²) in [5.41, 5.74) is 1.45. The molecule has 0 saturated heterocycles. The average molecular weight is 390 g/mol. The maximum absolute atomic E-state index is 12.3. The lowest BCUT2D eigenvalue weighted by Crippen LogP contribution is -2.23. The number of benzene rings is 1. The Bertz CT molecular complexity index is 942. The second-order valence-corrected chi connectivity index (χ2v) is 6.04. The van der Waals surface area contributed by atoms with Gasteiger partial charge in [-0.25, -0.2) is 0 Å². The van der Waals surface area contributed by atoms with Gasteiger partial charge in [-0.05, 0) is 54.1 Å². The van der Waals surface area contributed by atoms with Crippen LogP contribution in [0.4, 0.5) is 5.69 Å². The fourth-order valence-electron chi connectivity index (χ4n) is 2.17. The maximum atomic E-state index is 12.3. The van der Waals surface area contributed by atoms with Crippen LogP contribution in [0, 0.1) is 0 Å². The van der Waals surface area contributed by atoms with Gasteiger partial charge >= 0.3 is 0 Å². The highest BCUT2D eigenvalue weighted by Crippen LogP contribution is 2.22. The number of hydrogen-bond acceptors (Lipinski definition) is 4. The fraction of sp³-hybridized carbons (Fsp3) is 0.0556. The van der Waals surface area contributed by atoms with Crippen molar-refractivity contribution in [1.82, 2.24) is 10.3 Å². The number of carbonyl (C=O) groups excluding carboxylic acids is 2. The number of amides is 2. The van der Waals surface area contributed by atoms with Gasteiger partial charge in [0.1, 0.15) is 0 Å². The average Bonchev–Trinajstić information content (AvgIpc) is 3.07. The van der Waals surface area contributed by atoms with Gasteiger partial charge in [-0.2, -0.15) is 0 Å². The van der Waals surface area contributed by atoms with E-state index in [9.17, 15) is 9.59 Å². The molecule has 2 heterocycles. The quantitative estimate of drug-likeness (QED) is 0.685. The number of nitrogens with one attached hydrogen (secondary N) is 2. The SMILES string of the molecule is O=C(Nc1ccc(C(=O)NCc2ccccn2)c(Cl)c1)c1ccc(Cl)o1. The Morgan fingerprint density at radius 1 is 1.04 bits per heavy atom. The molecule has 132 valence electrons. The van der Waals surface area contributed by atoms with Crippen molar-refractivity contribution in [3.8, 4) is 0 Å². The van der Waals surface area contributed by atoms with Crippen molar-refractivity contribution in [2.75, 3.05) is 5.32 Å². The van der Waals surface area contributed by atoms with Crippen molar-refractivity contribution in [1.29, 1.82) is 0 Å². The minimum atomic E-state index is -0.472. The lowest BCUT2D eigenvalue weighted by atomic mass is 10.2. The number of furan rings is 1. The normalized spacial score (nSPS) is 10.4. The van der Waals surface area contributed by atoms with E-state index in [2.05, 4.69) is 15.6 Å². The van der Waals surface area contributed by atoms with Gasteiger partial charge in [-0.15, -0.1) is 0 Å². The molecule has 3 rings (SSSR count). The Morgan fingerprint density at radius 2 is 1.88 bits per heavy atom. The third-order valence-corrected chi connectivity index (χ3v) is 3.94. The molecule has 0 fully saturated rings. The lowest BCUT2D eigenvalue weighted by Gasteiger charge is -2.09. The largest absolute Gasteiger partial charge is 0.440 e. The van der Waals surface area contributed by atoms with E-state index in [-0.39, 0.29) is 28.5 Å². The first-order chi connectivity index (χ1) is 12.5. The van der Waals surface area contributed by atoms with Crippen LogP contribution in [0.15, 0.2) is 59.1 Å². The highest BCUT2D eigenvalue weighted by molar-refractivity contribution is 6.34. The molecule has 0 saturated carbocycles. The molecule has 0 bridgehead atoms. The number of hydrogen-bond donors (Lipinski definition) is 2. The molecule has 0 aliphatic heterocycles. The Labute approximate surface area is 159 Å². The predicted octanol–water partition coefficient (Wildman–Crippen LogP) is 4.16. The van der Waals surface area contributed by atoms with Crippen molar-refractivity contribution in [3.05, 3.63) is 82.0 Å². The molecule has 2 amide bonds. The van der Waals surface area contributed by atoms with Crippen molar-refractivity contribution < 1.29 is 14.0 Å². The molecule has 0 spiro atoms. The van der Waals surface area contributed by atoms with Gasteiger partial charge in [0, 0.05) is 11.9 Å². The molecule has 3 aromatic rings. The van der Waals surface area contributed by atoms with Gasteiger partial charge in [-0.3, -0.25) is 14.6 Å². The summed E-state index contributed by atoms with van der Waals surface area (Å²) < 4.78 is 5.03. The Kier molecular flexibility index (Phi) is 5.55. The minimum absolute atomic E-state index is 0.0725. The number of anilines is 1. The first-order valence-electron chi connectivity index (χ1n) is 7.57. The molecule has 0 aliphatic carbocycles. The Balaban J connectivity index is 1.65. The highest BCUT2D eigenvalue weighted by atomic mass is 35.5. The van der Waals surface area contributed by atoms with E-state index in [1.165, 1.54) is 24.3 Å². The van der Waals surface area contributed by atoms with Gasteiger partial charge in [0.15, 0.2) is 11.0 Å². The molecule has 0 radical (unpaired) electrons. The molecule has 0 atom stereocenters. The monoisotopic (exact) mass is 389 g/mol. The number of rotatable bonds is 5. The zero-order valence-corrected chi connectivity index (χ0v) is 14.8. The number of pyridine rings is 1. The minimum Gasteiger partial charge on any atom is -0.440 e. The first kappa shape index (κ1) is 18.0. The molecule has 26 heavy (non-hydrogen) atoms. The Hall–Kier alpha value is -2.83. The van der Waals surface area contributed by atoms with E-state index in [4.69, 9.17) is 27.6 Å². The molecule has 6 nitrogen and oxygen atoms in total. The van der Waals surface area contributed by atoms with Crippen LogP contribution in [0.1, 0.15) is 26.6 Å². The second kappa shape index (κ2) is 8.03. The fourth-order valence-corrected chi connectivity index (χ4v) is 2.59. The van der Waals surface area contributed by atoms with Crippen LogP contribution in [0.2, 0.25) is 10.2 Å². The van der Waals surface area contributed by atoms with Gasteiger partial charge in [-0.1, -0.05) is 17.7 Å². The Morgan fingerprint density at radius 3 is 2.54 bits per heavy atom. The molecule has 1 aromatic carbocycles. The highest BCUT2D eigenvalue weighted by Gasteiger charge is 2.14. The van der Waals surface area contributed by atoms with E-state index >= 15 is 0 Å². The summed E-state index contributed by atoms with van der Waals surface area (Å²) in [6.45, 7) is 0.285. The van der Waals surface area contributed by atoms with Crippen LogP contribution in [-0.4, -0.2) is 16.8 Å². The standard InChI is InChI=1S/C18H13Cl2N3O3/c19-14-9-11(23-18(25)15-6-7-16(20)26-15)4-5-13(14)17(24)22-10-12-3-1-2-8-21-12/h1-9H,10H2,(H,22,24)(H,23,25). The molecule has 0 unspecified atom stereocenters. The van der Waals surface area contributed by atoms with E-state index in [0.717, 1.165) is 5.69 Å². The predicted molar refractivity (Wildman–Crippen MR) is 98.5 cm³/mol. The summed E-state index contributed by atoms with van der Waals surface area (Å²) >= 11 is 11.8. The third-order valence-electron chi connectivity index (χ3n) is 3.42. The molecular formula is C18H13Cl2N3O3. The van der Waals surface area contributed by atoms with Crippen molar-refractivity contribution >= 4 is 40.7 Å². The van der Waals surface area contributed by atoms with Gasteiger partial charge < -0.3 is 15.1 Å². The van der Waals surface area contributed by atoms with Crippen molar-refractivity contribution in [2.45, 2.75) is 6.54 Å². The number of halogens is 2. The first-order valence-corrected chi connectivity index (χ1v) is 8.33. The summed E-state index contributed by atoms with van der Waals surface area (Å²) in [5.74, 6) is -0.736. The number of carbonyl (C=O) groups is 2. The third kappa shape index (κ3) is 4.41. The molecule has 2 aromatic heterocycles. The van der Waals surface area contributed by atoms with Crippen LogP contribution in [0.5, 0.6) is 0 Å². The van der Waals surface area contributed by atoms with E-state index in [0.29, 0.717) is 11.3 Å². The topological polar surface area (TPSA) is 84.2 Å². The number of nitrogens with zero attached hydrogens (tertiary/aromatic N) is 1. The molecule has 0 aliphatic rings. The summed E-state index contributed by atoms with van der Waals surface area (Å²) in [6, 6.07) is 13.0. The van der Waals surface area contributed by atoms with Crippen LogP contribution >= 0.6 is 23.2 Å².